The molecule has 0 spiro atoms. The van der Waals surface area contributed by atoms with Crippen LogP contribution in [0, 0.1) is 17.5 Å². The Balaban J connectivity index is 1.37. The maximum Gasteiger partial charge on any atom is 0.255 e. The molecule has 9 heteroatoms. The number of nitrogens with one attached hydrogen (secondary N) is 1. The smallest absolute Gasteiger partial charge is 0.255 e. The first-order valence-corrected chi connectivity index (χ1v) is 10.7. The van der Waals surface area contributed by atoms with E-state index in [1.807, 2.05) is 0 Å². The summed E-state index contributed by atoms with van der Waals surface area (Å²) in [5, 5.41) is 2.35. The first-order chi connectivity index (χ1) is 16.5. The number of carbonyl (C=O) groups is 1. The van der Waals surface area contributed by atoms with Crippen molar-refractivity contribution in [1.82, 2.24) is 9.97 Å². The quantitative estimate of drug-likeness (QED) is 0.411. The first-order valence-electron chi connectivity index (χ1n) is 10.7. The standard InChI is InChI=1S/C25H19F3N4O2/c26-16-5-3-4-15(10-16)25(33)30-17-11-19(27)24(20(28)12-17)34-18-6-7-21-22(13-18)31-23(14-29-21)32-8-1-2-9-32/h3-7,10-14H,1-2,8-9H2,(H,30,33). The zero-order valence-corrected chi connectivity index (χ0v) is 17.9. The number of halogens is 3. The fraction of sp³-hybridized carbons (Fsp3) is 0.160. The van der Waals surface area contributed by atoms with Gasteiger partial charge in [-0.25, -0.2) is 18.2 Å². The minimum Gasteiger partial charge on any atom is -0.451 e. The molecule has 34 heavy (non-hydrogen) atoms. The predicted octanol–water partition coefficient (Wildman–Crippen LogP) is 5.69. The Morgan fingerprint density at radius 2 is 1.71 bits per heavy atom. The van der Waals surface area contributed by atoms with Crippen molar-refractivity contribution in [3.05, 3.63) is 83.8 Å². The summed E-state index contributed by atoms with van der Waals surface area (Å²) in [5.74, 6) is -2.99. The molecule has 0 radical (unpaired) electrons. The van der Waals surface area contributed by atoms with Gasteiger partial charge in [0, 0.05) is 42.5 Å². The highest BCUT2D eigenvalue weighted by Gasteiger charge is 2.17. The number of rotatable bonds is 5. The third-order valence-corrected chi connectivity index (χ3v) is 5.49. The minimum atomic E-state index is -1.01. The molecule has 1 saturated heterocycles. The molecular formula is C25H19F3N4O2. The average Bonchev–Trinajstić information content (AvgIpc) is 3.36. The number of amides is 1. The van der Waals surface area contributed by atoms with Gasteiger partial charge in [0.05, 0.1) is 17.2 Å². The number of hydrogen-bond donors (Lipinski definition) is 1. The van der Waals surface area contributed by atoms with E-state index >= 15 is 0 Å². The molecule has 0 bridgehead atoms. The molecule has 0 saturated carbocycles. The van der Waals surface area contributed by atoms with Crippen molar-refractivity contribution in [1.29, 1.82) is 0 Å². The Kier molecular flexibility index (Phi) is 5.75. The molecule has 1 amide bonds. The van der Waals surface area contributed by atoms with E-state index in [1.165, 1.54) is 18.2 Å². The van der Waals surface area contributed by atoms with Crippen molar-refractivity contribution in [3.63, 3.8) is 0 Å². The van der Waals surface area contributed by atoms with Gasteiger partial charge in [0.15, 0.2) is 17.4 Å². The highest BCUT2D eigenvalue weighted by Crippen LogP contribution is 2.32. The zero-order valence-electron chi connectivity index (χ0n) is 17.9. The Labute approximate surface area is 193 Å². The normalized spacial score (nSPS) is 13.3. The molecule has 172 valence electrons. The fourth-order valence-corrected chi connectivity index (χ4v) is 3.82. The average molecular weight is 464 g/mol. The second-order valence-corrected chi connectivity index (χ2v) is 7.91. The van der Waals surface area contributed by atoms with Crippen LogP contribution in [-0.2, 0) is 0 Å². The van der Waals surface area contributed by atoms with E-state index in [4.69, 9.17) is 4.74 Å². The highest BCUT2D eigenvalue weighted by atomic mass is 19.1. The van der Waals surface area contributed by atoms with E-state index in [0.717, 1.165) is 49.9 Å². The Morgan fingerprint density at radius 1 is 0.941 bits per heavy atom. The van der Waals surface area contributed by atoms with Crippen LogP contribution in [0.1, 0.15) is 23.2 Å². The van der Waals surface area contributed by atoms with Crippen LogP contribution in [0.2, 0.25) is 0 Å². The molecule has 5 rings (SSSR count). The predicted molar refractivity (Wildman–Crippen MR) is 122 cm³/mol. The Bertz CT molecular complexity index is 1370. The van der Waals surface area contributed by atoms with Crippen molar-refractivity contribution in [2.24, 2.45) is 0 Å². The fourth-order valence-electron chi connectivity index (χ4n) is 3.82. The van der Waals surface area contributed by atoms with Crippen LogP contribution < -0.4 is 15.0 Å². The van der Waals surface area contributed by atoms with Crippen LogP contribution in [0.25, 0.3) is 11.0 Å². The number of carbonyl (C=O) groups excluding carboxylic acids is 1. The van der Waals surface area contributed by atoms with Crippen LogP contribution in [0.3, 0.4) is 0 Å². The molecule has 0 unspecified atom stereocenters. The van der Waals surface area contributed by atoms with Gasteiger partial charge in [0.25, 0.3) is 5.91 Å². The maximum absolute atomic E-state index is 14.7. The van der Waals surface area contributed by atoms with Gasteiger partial charge in [-0.3, -0.25) is 9.78 Å². The molecule has 2 heterocycles. The molecule has 1 aliphatic heterocycles. The SMILES string of the molecule is O=C(Nc1cc(F)c(Oc2ccc3ncc(N4CCCC4)nc3c2)c(F)c1)c1cccc(F)c1. The van der Waals surface area contributed by atoms with Gasteiger partial charge in [-0.2, -0.15) is 0 Å². The van der Waals surface area contributed by atoms with Gasteiger partial charge < -0.3 is 15.0 Å². The lowest BCUT2D eigenvalue weighted by molar-refractivity contribution is 0.102. The molecular weight excluding hydrogens is 445 g/mol. The van der Waals surface area contributed by atoms with Crippen molar-refractivity contribution in [2.45, 2.75) is 12.8 Å². The van der Waals surface area contributed by atoms with E-state index in [0.29, 0.717) is 11.0 Å². The van der Waals surface area contributed by atoms with Crippen LogP contribution >= 0.6 is 0 Å². The Morgan fingerprint density at radius 3 is 2.44 bits per heavy atom. The van der Waals surface area contributed by atoms with E-state index in [2.05, 4.69) is 20.2 Å². The number of ether oxygens (including phenoxy) is 1. The van der Waals surface area contributed by atoms with E-state index in [1.54, 1.807) is 24.4 Å². The zero-order chi connectivity index (χ0) is 23.7. The number of aromatic nitrogens is 2. The topological polar surface area (TPSA) is 67.3 Å². The maximum atomic E-state index is 14.7. The first kappa shape index (κ1) is 21.7. The lowest BCUT2D eigenvalue weighted by Crippen LogP contribution is -2.19. The lowest BCUT2D eigenvalue weighted by Gasteiger charge is -2.16. The van der Waals surface area contributed by atoms with E-state index in [-0.39, 0.29) is 17.0 Å². The van der Waals surface area contributed by atoms with Crippen LogP contribution in [0.5, 0.6) is 11.5 Å². The molecule has 1 aliphatic rings. The third-order valence-electron chi connectivity index (χ3n) is 5.49. The molecule has 3 aromatic carbocycles. The summed E-state index contributed by atoms with van der Waals surface area (Å²) in [5.41, 5.74) is 1.07. The molecule has 4 aromatic rings. The van der Waals surface area contributed by atoms with E-state index in [9.17, 15) is 18.0 Å². The third kappa shape index (κ3) is 4.50. The van der Waals surface area contributed by atoms with Gasteiger partial charge in [0.2, 0.25) is 0 Å². The van der Waals surface area contributed by atoms with Gasteiger partial charge in [-0.15, -0.1) is 0 Å². The molecule has 6 nitrogen and oxygen atoms in total. The summed E-state index contributed by atoms with van der Waals surface area (Å²) in [4.78, 5) is 23.4. The number of nitrogens with zero attached hydrogens (tertiary/aromatic N) is 3. The highest BCUT2D eigenvalue weighted by molar-refractivity contribution is 6.04. The largest absolute Gasteiger partial charge is 0.451 e. The summed E-state index contributed by atoms with van der Waals surface area (Å²) in [6.07, 6.45) is 3.91. The van der Waals surface area contributed by atoms with Gasteiger partial charge >= 0.3 is 0 Å². The van der Waals surface area contributed by atoms with Crippen LogP contribution in [0.15, 0.2) is 60.8 Å². The molecule has 1 fully saturated rings. The second-order valence-electron chi connectivity index (χ2n) is 7.91. The number of hydrogen-bond acceptors (Lipinski definition) is 5. The molecule has 0 aliphatic carbocycles. The summed E-state index contributed by atoms with van der Waals surface area (Å²) < 4.78 is 48.2. The molecule has 0 atom stereocenters. The van der Waals surface area contributed by atoms with Gasteiger partial charge in [0.1, 0.15) is 17.4 Å². The van der Waals surface area contributed by atoms with Crippen LogP contribution in [0.4, 0.5) is 24.7 Å². The molecule has 1 N–H and O–H groups in total. The number of anilines is 2. The summed E-state index contributed by atoms with van der Waals surface area (Å²) in [6.45, 7) is 1.82. The second kappa shape index (κ2) is 9.01. The number of fused-ring (bicyclic) bond motifs is 1. The summed E-state index contributed by atoms with van der Waals surface area (Å²) in [7, 11) is 0. The minimum absolute atomic E-state index is 0.0201. The van der Waals surface area contributed by atoms with Crippen molar-refractivity contribution < 1.29 is 22.7 Å². The van der Waals surface area contributed by atoms with Crippen molar-refractivity contribution in [2.75, 3.05) is 23.3 Å². The number of benzene rings is 3. The Hall–Kier alpha value is -4.14. The van der Waals surface area contributed by atoms with E-state index < -0.39 is 29.1 Å². The summed E-state index contributed by atoms with van der Waals surface area (Å²) >= 11 is 0. The lowest BCUT2D eigenvalue weighted by atomic mass is 10.2. The van der Waals surface area contributed by atoms with Gasteiger partial charge in [-0.1, -0.05) is 6.07 Å². The van der Waals surface area contributed by atoms with Crippen LogP contribution in [-0.4, -0.2) is 29.0 Å². The molecule has 1 aromatic heterocycles. The van der Waals surface area contributed by atoms with Gasteiger partial charge in [-0.05, 0) is 43.2 Å². The van der Waals surface area contributed by atoms with Crippen molar-refractivity contribution in [3.8, 4) is 11.5 Å². The van der Waals surface area contributed by atoms with Crippen molar-refractivity contribution >= 4 is 28.4 Å². The summed E-state index contributed by atoms with van der Waals surface area (Å²) in [6, 6.07) is 11.6. The monoisotopic (exact) mass is 464 g/mol.